The zero-order valence-electron chi connectivity index (χ0n) is 22.0. The Morgan fingerprint density at radius 2 is 2.00 bits per heavy atom. The molecule has 0 aliphatic carbocycles. The van der Waals surface area contributed by atoms with Crippen LogP contribution in [-0.4, -0.2) is 78.7 Å². The van der Waals surface area contributed by atoms with Gasteiger partial charge in [-0.2, -0.15) is 0 Å². The number of amides is 1. The lowest BCUT2D eigenvalue weighted by Crippen LogP contribution is -2.44. The van der Waals surface area contributed by atoms with Gasteiger partial charge in [0.1, 0.15) is 5.75 Å². The lowest BCUT2D eigenvalue weighted by Gasteiger charge is -2.30. The summed E-state index contributed by atoms with van der Waals surface area (Å²) in [7, 11) is 0. The fourth-order valence-corrected chi connectivity index (χ4v) is 5.99. The third-order valence-electron chi connectivity index (χ3n) is 7.90. The summed E-state index contributed by atoms with van der Waals surface area (Å²) in [5.74, 6) is -0.885. The molecule has 3 aliphatic rings. The number of anilines is 1. The van der Waals surface area contributed by atoms with Crippen molar-refractivity contribution in [2.24, 2.45) is 5.92 Å². The molecular weight excluding hydrogens is 486 g/mol. The maximum absolute atomic E-state index is 13.7. The van der Waals surface area contributed by atoms with Gasteiger partial charge in [-0.1, -0.05) is 25.5 Å². The first-order chi connectivity index (χ1) is 18.5. The minimum absolute atomic E-state index is 0.0445. The van der Waals surface area contributed by atoms with E-state index in [0.717, 1.165) is 41.8 Å². The van der Waals surface area contributed by atoms with E-state index in [2.05, 4.69) is 22.9 Å². The largest absolute Gasteiger partial charge is 0.493 e. The predicted octanol–water partition coefficient (Wildman–Crippen LogP) is 3.47. The monoisotopic (exact) mass is 523 g/mol. The Balaban J connectivity index is 1.41. The van der Waals surface area contributed by atoms with Crippen LogP contribution >= 0.6 is 0 Å². The Hall–Kier alpha value is -3.01. The van der Waals surface area contributed by atoms with Crippen LogP contribution in [0.5, 0.6) is 5.75 Å². The fraction of sp³-hybridized carbons (Fsp3) is 0.552. The average Bonchev–Trinajstić information content (AvgIpc) is 3.68. The van der Waals surface area contributed by atoms with Gasteiger partial charge in [-0.15, -0.1) is 0 Å². The number of unbranched alkanes of at least 4 members (excludes halogenated alkanes) is 1. The van der Waals surface area contributed by atoms with E-state index < -0.39 is 11.9 Å². The number of carbonyl (C=O) groups is 2. The molecule has 3 aliphatic heterocycles. The van der Waals surface area contributed by atoms with E-state index in [-0.39, 0.29) is 30.7 Å². The second-order valence-electron chi connectivity index (χ2n) is 10.3. The maximum atomic E-state index is 13.7. The molecule has 2 fully saturated rings. The minimum atomic E-state index is -0.838. The molecule has 3 atom stereocenters. The van der Waals surface area contributed by atoms with Crippen molar-refractivity contribution in [3.8, 4) is 5.75 Å². The molecule has 5 rings (SSSR count). The predicted molar refractivity (Wildman–Crippen MR) is 141 cm³/mol. The summed E-state index contributed by atoms with van der Waals surface area (Å²) in [6, 6.07) is 9.44. The molecule has 38 heavy (non-hydrogen) atoms. The SMILES string of the molecule is CCCCN(C(=O)CN1C[C@H](c2ccc3c(c2)CCO3)C(C(=O)O)[C@@H]1CCC1OCCO1)c1cccnc1. The van der Waals surface area contributed by atoms with Crippen molar-refractivity contribution in [2.75, 3.05) is 44.4 Å². The number of benzene rings is 1. The lowest BCUT2D eigenvalue weighted by atomic mass is 9.83. The molecule has 1 aromatic heterocycles. The number of hydrogen-bond acceptors (Lipinski definition) is 7. The van der Waals surface area contributed by atoms with E-state index in [4.69, 9.17) is 14.2 Å². The van der Waals surface area contributed by atoms with E-state index >= 15 is 0 Å². The normalized spacial score (nSPS) is 23.3. The zero-order valence-corrected chi connectivity index (χ0v) is 22.0. The number of nitrogens with zero attached hydrogens (tertiary/aromatic N) is 3. The number of hydrogen-bond donors (Lipinski definition) is 1. The topological polar surface area (TPSA) is 101 Å². The second-order valence-corrected chi connectivity index (χ2v) is 10.3. The Kier molecular flexibility index (Phi) is 8.56. The van der Waals surface area contributed by atoms with Crippen LogP contribution in [-0.2, 0) is 25.5 Å². The Morgan fingerprint density at radius 3 is 2.74 bits per heavy atom. The van der Waals surface area contributed by atoms with E-state index in [1.54, 1.807) is 17.3 Å². The van der Waals surface area contributed by atoms with Crippen LogP contribution in [0.15, 0.2) is 42.7 Å². The Morgan fingerprint density at radius 1 is 1.16 bits per heavy atom. The molecular formula is C29H37N3O6. The summed E-state index contributed by atoms with van der Waals surface area (Å²) in [4.78, 5) is 34.5. The van der Waals surface area contributed by atoms with Gasteiger partial charge in [0.15, 0.2) is 6.29 Å². The quantitative estimate of drug-likeness (QED) is 0.478. The molecule has 0 saturated carbocycles. The first kappa shape index (κ1) is 26.6. The molecule has 9 nitrogen and oxygen atoms in total. The molecule has 0 spiro atoms. The van der Waals surface area contributed by atoms with Gasteiger partial charge in [0, 0.05) is 37.7 Å². The summed E-state index contributed by atoms with van der Waals surface area (Å²) < 4.78 is 17.0. The fourth-order valence-electron chi connectivity index (χ4n) is 5.99. The molecule has 9 heteroatoms. The van der Waals surface area contributed by atoms with Crippen LogP contribution in [0.2, 0.25) is 0 Å². The molecule has 1 unspecified atom stereocenters. The standard InChI is InChI=1S/C29H37N3O6/c1-2-3-12-32(22-5-4-11-30-17-22)26(33)19-31-18-23(20-6-8-25-21(16-20)10-13-36-25)28(29(34)35)24(31)7-9-27-37-14-15-38-27/h4-6,8,11,16-17,23-24,27-28H,2-3,7,9-10,12-15,18-19H2,1H3,(H,34,35)/t23-,24+,28?/m1/s1. The molecule has 0 radical (unpaired) electrons. The smallest absolute Gasteiger partial charge is 0.308 e. The minimum Gasteiger partial charge on any atom is -0.493 e. The lowest BCUT2D eigenvalue weighted by molar-refractivity contribution is -0.143. The van der Waals surface area contributed by atoms with Crippen LogP contribution in [0.25, 0.3) is 0 Å². The molecule has 1 aromatic carbocycles. The van der Waals surface area contributed by atoms with Crippen molar-refractivity contribution in [2.45, 2.75) is 57.3 Å². The van der Waals surface area contributed by atoms with Crippen molar-refractivity contribution in [3.05, 3.63) is 53.9 Å². The van der Waals surface area contributed by atoms with Crippen LogP contribution < -0.4 is 9.64 Å². The van der Waals surface area contributed by atoms with Gasteiger partial charge in [-0.05, 0) is 48.6 Å². The average molecular weight is 524 g/mol. The van der Waals surface area contributed by atoms with E-state index in [0.29, 0.717) is 45.8 Å². The number of likely N-dealkylation sites (tertiary alicyclic amines) is 1. The van der Waals surface area contributed by atoms with Crippen LogP contribution in [0.3, 0.4) is 0 Å². The van der Waals surface area contributed by atoms with Gasteiger partial charge < -0.3 is 24.2 Å². The molecule has 1 N–H and O–H groups in total. The van der Waals surface area contributed by atoms with Crippen molar-refractivity contribution in [1.29, 1.82) is 0 Å². The molecule has 204 valence electrons. The van der Waals surface area contributed by atoms with Crippen LogP contribution in [0.1, 0.15) is 49.7 Å². The number of aromatic nitrogens is 1. The molecule has 2 aromatic rings. The number of carboxylic acid groups (broad SMARTS) is 1. The first-order valence-electron chi connectivity index (χ1n) is 13.7. The molecule has 2 saturated heterocycles. The van der Waals surface area contributed by atoms with Crippen LogP contribution in [0.4, 0.5) is 5.69 Å². The van der Waals surface area contributed by atoms with Gasteiger partial charge >= 0.3 is 5.97 Å². The van der Waals surface area contributed by atoms with E-state index in [1.165, 1.54) is 0 Å². The van der Waals surface area contributed by atoms with Crippen LogP contribution in [0, 0.1) is 5.92 Å². The second kappa shape index (κ2) is 12.2. The number of pyridine rings is 1. The summed E-state index contributed by atoms with van der Waals surface area (Å²) >= 11 is 0. The highest BCUT2D eigenvalue weighted by molar-refractivity contribution is 5.94. The highest BCUT2D eigenvalue weighted by Gasteiger charge is 2.47. The highest BCUT2D eigenvalue weighted by Crippen LogP contribution is 2.41. The summed E-state index contributed by atoms with van der Waals surface area (Å²) in [5, 5.41) is 10.4. The Labute approximate surface area is 223 Å². The first-order valence-corrected chi connectivity index (χ1v) is 13.7. The van der Waals surface area contributed by atoms with Gasteiger partial charge in [0.2, 0.25) is 5.91 Å². The van der Waals surface area contributed by atoms with Crippen molar-refractivity contribution < 1.29 is 28.9 Å². The van der Waals surface area contributed by atoms with E-state index in [1.807, 2.05) is 24.3 Å². The number of fused-ring (bicyclic) bond motifs is 1. The summed E-state index contributed by atoms with van der Waals surface area (Å²) in [5.41, 5.74) is 2.87. The number of carbonyl (C=O) groups excluding carboxylic acids is 1. The zero-order chi connectivity index (χ0) is 26.5. The molecule has 1 amide bonds. The van der Waals surface area contributed by atoms with Crippen molar-refractivity contribution in [3.63, 3.8) is 0 Å². The summed E-state index contributed by atoms with van der Waals surface area (Å²) in [6.07, 6.45) is 6.90. The van der Waals surface area contributed by atoms with Crippen molar-refractivity contribution in [1.82, 2.24) is 9.88 Å². The Bertz CT molecular complexity index is 1110. The third-order valence-corrected chi connectivity index (χ3v) is 7.90. The molecule has 0 bridgehead atoms. The van der Waals surface area contributed by atoms with Gasteiger partial charge in [-0.25, -0.2) is 0 Å². The third kappa shape index (κ3) is 5.85. The van der Waals surface area contributed by atoms with Gasteiger partial charge in [0.05, 0.1) is 44.2 Å². The van der Waals surface area contributed by atoms with Gasteiger partial charge in [0.25, 0.3) is 0 Å². The van der Waals surface area contributed by atoms with Gasteiger partial charge in [-0.3, -0.25) is 19.5 Å². The van der Waals surface area contributed by atoms with E-state index in [9.17, 15) is 14.7 Å². The number of ether oxygens (including phenoxy) is 3. The highest BCUT2D eigenvalue weighted by atomic mass is 16.7. The maximum Gasteiger partial charge on any atom is 0.308 e. The number of aliphatic carboxylic acids is 1. The molecule has 4 heterocycles. The number of carboxylic acids is 1. The summed E-state index contributed by atoms with van der Waals surface area (Å²) in [6.45, 7) is 5.09. The number of rotatable bonds is 11. The van der Waals surface area contributed by atoms with Crippen molar-refractivity contribution >= 4 is 17.6 Å².